The number of anilines is 1. The van der Waals surface area contributed by atoms with Crippen LogP contribution in [-0.4, -0.2) is 23.3 Å². The summed E-state index contributed by atoms with van der Waals surface area (Å²) in [5.74, 6) is -1.71. The molecule has 1 aliphatic rings. The molecule has 10 heteroatoms. The molecule has 0 bridgehead atoms. The molecule has 1 atom stereocenters. The summed E-state index contributed by atoms with van der Waals surface area (Å²) in [6.45, 7) is -3.94. The molecule has 0 amide bonds. The van der Waals surface area contributed by atoms with E-state index in [9.17, 15) is 31.4 Å². The Labute approximate surface area is 156 Å². The van der Waals surface area contributed by atoms with E-state index in [1.54, 1.807) is 6.07 Å². The standard InChI is InChI=1S/C18H16F6N2O2/c19-13-5-1-4-12-11(13)3-2-6-17(12,9-27)26-15-14(28-16(20)21)7-10(8-25-15)18(22,23)24/h1,4-5,7-8,16,27H,2-3,6,9H2,(H,25,26)/t17-/m1/s1. The first-order valence-corrected chi connectivity index (χ1v) is 8.35. The number of benzene rings is 1. The van der Waals surface area contributed by atoms with Crippen LogP contribution in [0.5, 0.6) is 5.75 Å². The maximum absolute atomic E-state index is 14.2. The lowest BCUT2D eigenvalue weighted by Gasteiger charge is -2.39. The maximum Gasteiger partial charge on any atom is 0.418 e. The van der Waals surface area contributed by atoms with Crippen molar-refractivity contribution in [2.45, 2.75) is 37.6 Å². The van der Waals surface area contributed by atoms with Gasteiger partial charge in [0, 0.05) is 6.20 Å². The van der Waals surface area contributed by atoms with Crippen molar-refractivity contribution in [1.29, 1.82) is 0 Å². The van der Waals surface area contributed by atoms with Crippen LogP contribution in [0.4, 0.5) is 32.2 Å². The highest BCUT2D eigenvalue weighted by Gasteiger charge is 2.39. The first-order chi connectivity index (χ1) is 13.2. The topological polar surface area (TPSA) is 54.4 Å². The molecule has 0 unspecified atom stereocenters. The quantitative estimate of drug-likeness (QED) is 0.720. The largest absolute Gasteiger partial charge is 0.431 e. The van der Waals surface area contributed by atoms with Crippen LogP contribution in [0.3, 0.4) is 0 Å². The minimum absolute atomic E-state index is 0.288. The average Bonchev–Trinajstić information content (AvgIpc) is 2.62. The molecular weight excluding hydrogens is 390 g/mol. The van der Waals surface area contributed by atoms with Gasteiger partial charge in [0.1, 0.15) is 5.82 Å². The van der Waals surface area contributed by atoms with Gasteiger partial charge in [-0.15, -0.1) is 0 Å². The van der Waals surface area contributed by atoms with Gasteiger partial charge < -0.3 is 15.2 Å². The van der Waals surface area contributed by atoms with Crippen LogP contribution >= 0.6 is 0 Å². The molecule has 1 aromatic carbocycles. The number of nitrogens with zero attached hydrogens (tertiary/aromatic N) is 1. The first-order valence-electron chi connectivity index (χ1n) is 8.35. The molecule has 0 saturated carbocycles. The van der Waals surface area contributed by atoms with E-state index < -0.39 is 47.9 Å². The van der Waals surface area contributed by atoms with Crippen LogP contribution in [0.1, 0.15) is 29.5 Å². The van der Waals surface area contributed by atoms with E-state index in [0.29, 0.717) is 36.2 Å². The molecule has 2 N–H and O–H groups in total. The van der Waals surface area contributed by atoms with E-state index in [0.717, 1.165) is 0 Å². The fraction of sp³-hybridized carbons (Fsp3) is 0.389. The number of rotatable bonds is 5. The van der Waals surface area contributed by atoms with Gasteiger partial charge in [0.25, 0.3) is 0 Å². The number of ether oxygens (including phenoxy) is 1. The number of aromatic nitrogens is 1. The van der Waals surface area contributed by atoms with Gasteiger partial charge in [0.2, 0.25) is 0 Å². The molecule has 28 heavy (non-hydrogen) atoms. The Morgan fingerprint density at radius 1 is 1.29 bits per heavy atom. The van der Waals surface area contributed by atoms with Crippen LogP contribution < -0.4 is 10.1 Å². The van der Waals surface area contributed by atoms with Crippen molar-refractivity contribution in [3.8, 4) is 5.75 Å². The van der Waals surface area contributed by atoms with Crippen LogP contribution in [0.2, 0.25) is 0 Å². The first kappa shape index (κ1) is 20.2. The molecule has 0 saturated heterocycles. The Kier molecular flexibility index (Phi) is 5.42. The summed E-state index contributed by atoms with van der Waals surface area (Å²) in [7, 11) is 0. The lowest BCUT2D eigenvalue weighted by molar-refractivity contribution is -0.138. The van der Waals surface area contributed by atoms with Gasteiger partial charge in [-0.05, 0) is 42.5 Å². The third-order valence-electron chi connectivity index (χ3n) is 4.69. The fourth-order valence-electron chi connectivity index (χ4n) is 3.40. The molecule has 1 heterocycles. The Bertz CT molecular complexity index is 858. The number of aliphatic hydroxyl groups is 1. The zero-order chi connectivity index (χ0) is 20.5. The summed E-state index contributed by atoms with van der Waals surface area (Å²) in [5.41, 5.74) is -1.82. The van der Waals surface area contributed by atoms with E-state index in [2.05, 4.69) is 15.0 Å². The van der Waals surface area contributed by atoms with Crippen LogP contribution in [0.15, 0.2) is 30.5 Å². The van der Waals surface area contributed by atoms with Crippen molar-refractivity contribution in [2.75, 3.05) is 11.9 Å². The maximum atomic E-state index is 14.2. The molecular formula is C18H16F6N2O2. The van der Waals surface area contributed by atoms with Gasteiger partial charge in [-0.25, -0.2) is 9.37 Å². The predicted molar refractivity (Wildman–Crippen MR) is 87.6 cm³/mol. The van der Waals surface area contributed by atoms with Gasteiger partial charge in [-0.2, -0.15) is 22.0 Å². The van der Waals surface area contributed by atoms with Crippen molar-refractivity contribution in [2.24, 2.45) is 0 Å². The summed E-state index contributed by atoms with van der Waals surface area (Å²) in [4.78, 5) is 3.59. The van der Waals surface area contributed by atoms with Crippen molar-refractivity contribution in [3.63, 3.8) is 0 Å². The molecule has 1 aliphatic carbocycles. The number of halogens is 6. The van der Waals surface area contributed by atoms with E-state index in [1.807, 2.05) is 0 Å². The summed E-state index contributed by atoms with van der Waals surface area (Å²) in [6, 6.07) is 4.66. The summed E-state index contributed by atoms with van der Waals surface area (Å²) < 4.78 is 82.5. The minimum Gasteiger partial charge on any atom is -0.431 e. The van der Waals surface area contributed by atoms with Crippen LogP contribution in [0, 0.1) is 5.82 Å². The highest BCUT2D eigenvalue weighted by Crippen LogP contribution is 2.41. The molecule has 0 spiro atoms. The summed E-state index contributed by atoms with van der Waals surface area (Å²) in [5, 5.41) is 12.7. The normalized spacial score (nSPS) is 19.4. The van der Waals surface area contributed by atoms with Gasteiger partial charge in [0.05, 0.1) is 17.7 Å². The zero-order valence-electron chi connectivity index (χ0n) is 14.4. The highest BCUT2D eigenvalue weighted by molar-refractivity contribution is 5.56. The number of hydrogen-bond donors (Lipinski definition) is 2. The Hall–Kier alpha value is -2.49. The smallest absolute Gasteiger partial charge is 0.418 e. The third kappa shape index (κ3) is 3.87. The van der Waals surface area contributed by atoms with Crippen LogP contribution in [0.25, 0.3) is 0 Å². The van der Waals surface area contributed by atoms with Crippen molar-refractivity contribution in [3.05, 3.63) is 53.0 Å². The SMILES string of the molecule is OC[C@]1(Nc2ncc(C(F)(F)F)cc2OC(F)F)CCCc2c(F)cccc21. The molecule has 2 aromatic rings. The second-order valence-electron chi connectivity index (χ2n) is 6.43. The predicted octanol–water partition coefficient (Wildman–Crippen LogP) is 4.48. The molecule has 0 radical (unpaired) electrons. The second-order valence-corrected chi connectivity index (χ2v) is 6.43. The molecule has 1 aromatic heterocycles. The van der Waals surface area contributed by atoms with Crippen molar-refractivity contribution < 1.29 is 36.2 Å². The van der Waals surface area contributed by atoms with Crippen molar-refractivity contribution in [1.82, 2.24) is 4.98 Å². The molecule has 0 aliphatic heterocycles. The third-order valence-corrected chi connectivity index (χ3v) is 4.69. The Morgan fingerprint density at radius 2 is 2.04 bits per heavy atom. The number of aliphatic hydroxyl groups excluding tert-OH is 1. The molecule has 0 fully saturated rings. The Balaban J connectivity index is 2.06. The lowest BCUT2D eigenvalue weighted by Crippen LogP contribution is -2.43. The lowest BCUT2D eigenvalue weighted by atomic mass is 9.76. The number of nitrogens with one attached hydrogen (secondary N) is 1. The fourth-order valence-corrected chi connectivity index (χ4v) is 3.40. The monoisotopic (exact) mass is 406 g/mol. The zero-order valence-corrected chi connectivity index (χ0v) is 14.4. The molecule has 152 valence electrons. The van der Waals surface area contributed by atoms with Gasteiger partial charge in [-0.1, -0.05) is 12.1 Å². The Morgan fingerprint density at radius 3 is 2.68 bits per heavy atom. The molecule has 3 rings (SSSR count). The molecule has 4 nitrogen and oxygen atoms in total. The van der Waals surface area contributed by atoms with E-state index in [-0.39, 0.29) is 6.42 Å². The van der Waals surface area contributed by atoms with Gasteiger partial charge >= 0.3 is 12.8 Å². The summed E-state index contributed by atoms with van der Waals surface area (Å²) >= 11 is 0. The van der Waals surface area contributed by atoms with E-state index in [1.165, 1.54) is 12.1 Å². The van der Waals surface area contributed by atoms with E-state index >= 15 is 0 Å². The summed E-state index contributed by atoms with van der Waals surface area (Å²) in [6.07, 6.45) is -3.17. The minimum atomic E-state index is -4.80. The number of pyridine rings is 1. The van der Waals surface area contributed by atoms with Crippen LogP contribution in [-0.2, 0) is 18.1 Å². The second kappa shape index (κ2) is 7.50. The van der Waals surface area contributed by atoms with Crippen molar-refractivity contribution >= 4 is 5.82 Å². The average molecular weight is 406 g/mol. The van der Waals surface area contributed by atoms with Gasteiger partial charge in [0.15, 0.2) is 11.6 Å². The number of alkyl halides is 5. The number of fused-ring (bicyclic) bond motifs is 1. The highest BCUT2D eigenvalue weighted by atomic mass is 19.4. The number of hydrogen-bond acceptors (Lipinski definition) is 4. The van der Waals surface area contributed by atoms with Gasteiger partial charge in [-0.3, -0.25) is 0 Å². The van der Waals surface area contributed by atoms with E-state index in [4.69, 9.17) is 0 Å².